The minimum atomic E-state index is -0.291. The summed E-state index contributed by atoms with van der Waals surface area (Å²) in [7, 11) is 0. The van der Waals surface area contributed by atoms with Gasteiger partial charge in [0.15, 0.2) is 0 Å². The van der Waals surface area contributed by atoms with Gasteiger partial charge in [0.25, 0.3) is 0 Å². The summed E-state index contributed by atoms with van der Waals surface area (Å²) < 4.78 is 13.7. The maximum absolute atomic E-state index is 13.1. The summed E-state index contributed by atoms with van der Waals surface area (Å²) in [5.74, 6) is -0.0418. The fourth-order valence-corrected chi connectivity index (χ4v) is 2.82. The molecule has 3 aromatic rings. The minimum absolute atomic E-state index is 0.249. The molecule has 21 heavy (non-hydrogen) atoms. The first-order chi connectivity index (χ1) is 10.1. The van der Waals surface area contributed by atoms with Crippen LogP contribution in [0.1, 0.15) is 5.56 Å². The first-order valence-corrected chi connectivity index (χ1v) is 7.33. The van der Waals surface area contributed by atoms with Crippen molar-refractivity contribution in [3.8, 4) is 5.75 Å². The van der Waals surface area contributed by atoms with Gasteiger partial charge in [-0.2, -0.15) is 0 Å². The fraction of sp³-hybridized carbons (Fsp3) is 0.0588. The molecular formula is C17H13BrFNO. The van der Waals surface area contributed by atoms with E-state index in [2.05, 4.69) is 21.2 Å². The van der Waals surface area contributed by atoms with Gasteiger partial charge in [0, 0.05) is 22.3 Å². The third kappa shape index (κ3) is 2.85. The Labute approximate surface area is 130 Å². The predicted molar refractivity (Wildman–Crippen MR) is 87.0 cm³/mol. The van der Waals surface area contributed by atoms with Crippen LogP contribution < -0.4 is 5.32 Å². The Morgan fingerprint density at radius 2 is 1.86 bits per heavy atom. The molecule has 0 aliphatic carbocycles. The monoisotopic (exact) mass is 345 g/mol. The van der Waals surface area contributed by atoms with Gasteiger partial charge in [-0.25, -0.2) is 4.39 Å². The SMILES string of the molecule is Oc1ccc2ccccc2c1CNc1ccc(F)cc1Br. The summed E-state index contributed by atoms with van der Waals surface area (Å²) >= 11 is 3.32. The summed E-state index contributed by atoms with van der Waals surface area (Å²) in [6, 6.07) is 16.0. The molecule has 0 aliphatic heterocycles. The van der Waals surface area contributed by atoms with Crippen LogP contribution in [0.15, 0.2) is 59.1 Å². The second-order valence-electron chi connectivity index (χ2n) is 4.76. The maximum Gasteiger partial charge on any atom is 0.124 e. The molecule has 3 rings (SSSR count). The van der Waals surface area contributed by atoms with Crippen molar-refractivity contribution >= 4 is 32.4 Å². The first kappa shape index (κ1) is 13.9. The van der Waals surface area contributed by atoms with E-state index >= 15 is 0 Å². The molecule has 0 amide bonds. The van der Waals surface area contributed by atoms with Crippen molar-refractivity contribution in [2.24, 2.45) is 0 Å². The van der Waals surface area contributed by atoms with Gasteiger partial charge in [-0.05, 0) is 51.0 Å². The zero-order valence-electron chi connectivity index (χ0n) is 11.1. The molecule has 0 unspecified atom stereocenters. The maximum atomic E-state index is 13.1. The summed E-state index contributed by atoms with van der Waals surface area (Å²) in [6.45, 7) is 0.456. The fourth-order valence-electron chi connectivity index (χ4n) is 2.33. The van der Waals surface area contributed by atoms with E-state index in [1.165, 1.54) is 12.1 Å². The Balaban J connectivity index is 1.93. The standard InChI is InChI=1S/C17H13BrFNO/c18-15-9-12(19)6-7-16(15)20-10-14-13-4-2-1-3-11(13)5-8-17(14)21/h1-9,20-21H,10H2. The molecule has 0 saturated carbocycles. The lowest BCUT2D eigenvalue weighted by Crippen LogP contribution is -2.01. The summed E-state index contributed by atoms with van der Waals surface area (Å²) in [5, 5.41) is 15.4. The molecule has 0 spiro atoms. The van der Waals surface area contributed by atoms with Gasteiger partial charge in [-0.3, -0.25) is 0 Å². The molecule has 0 radical (unpaired) electrons. The highest BCUT2D eigenvalue weighted by molar-refractivity contribution is 9.10. The van der Waals surface area contributed by atoms with Crippen molar-refractivity contribution in [3.63, 3.8) is 0 Å². The van der Waals surface area contributed by atoms with Crippen molar-refractivity contribution in [2.45, 2.75) is 6.54 Å². The average Bonchev–Trinajstić information content (AvgIpc) is 2.48. The van der Waals surface area contributed by atoms with Gasteiger partial charge in [0.1, 0.15) is 11.6 Å². The lowest BCUT2D eigenvalue weighted by atomic mass is 10.0. The number of fused-ring (bicyclic) bond motifs is 1. The third-order valence-corrected chi connectivity index (χ3v) is 4.06. The highest BCUT2D eigenvalue weighted by Crippen LogP contribution is 2.29. The zero-order chi connectivity index (χ0) is 14.8. The molecule has 0 aliphatic rings. The van der Waals surface area contributed by atoms with Crippen LogP contribution in [0.2, 0.25) is 0 Å². The van der Waals surface area contributed by atoms with Crippen molar-refractivity contribution in [3.05, 3.63) is 70.5 Å². The number of nitrogens with one attached hydrogen (secondary N) is 1. The molecule has 2 N–H and O–H groups in total. The second kappa shape index (κ2) is 5.74. The van der Waals surface area contributed by atoms with E-state index in [0.29, 0.717) is 11.0 Å². The second-order valence-corrected chi connectivity index (χ2v) is 5.62. The topological polar surface area (TPSA) is 32.3 Å². The molecule has 0 bridgehead atoms. The number of aromatic hydroxyl groups is 1. The number of hydrogen-bond acceptors (Lipinski definition) is 2. The van der Waals surface area contributed by atoms with Crippen LogP contribution in [0, 0.1) is 5.82 Å². The normalized spacial score (nSPS) is 10.8. The van der Waals surface area contributed by atoms with Gasteiger partial charge in [0.2, 0.25) is 0 Å². The van der Waals surface area contributed by atoms with Crippen LogP contribution >= 0.6 is 15.9 Å². The smallest absolute Gasteiger partial charge is 0.124 e. The van der Waals surface area contributed by atoms with E-state index in [9.17, 15) is 9.50 Å². The molecular weight excluding hydrogens is 333 g/mol. The van der Waals surface area contributed by atoms with Crippen LogP contribution in [-0.2, 0) is 6.54 Å². The Bertz CT molecular complexity index is 804. The van der Waals surface area contributed by atoms with E-state index in [0.717, 1.165) is 22.0 Å². The Morgan fingerprint density at radius 1 is 1.05 bits per heavy atom. The number of anilines is 1. The van der Waals surface area contributed by atoms with Gasteiger partial charge in [-0.1, -0.05) is 30.3 Å². The van der Waals surface area contributed by atoms with E-state index in [4.69, 9.17) is 0 Å². The minimum Gasteiger partial charge on any atom is -0.508 e. The van der Waals surface area contributed by atoms with E-state index in [-0.39, 0.29) is 11.6 Å². The Morgan fingerprint density at radius 3 is 2.67 bits per heavy atom. The summed E-state index contributed by atoms with van der Waals surface area (Å²) in [6.07, 6.45) is 0. The molecule has 0 atom stereocenters. The molecule has 0 heterocycles. The quantitative estimate of drug-likeness (QED) is 0.695. The highest BCUT2D eigenvalue weighted by atomic mass is 79.9. The molecule has 0 fully saturated rings. The highest BCUT2D eigenvalue weighted by Gasteiger charge is 2.08. The van der Waals surface area contributed by atoms with Gasteiger partial charge >= 0.3 is 0 Å². The predicted octanol–water partition coefficient (Wildman–Crippen LogP) is 5.06. The molecule has 0 aromatic heterocycles. The zero-order valence-corrected chi connectivity index (χ0v) is 12.7. The van der Waals surface area contributed by atoms with Crippen molar-refractivity contribution in [2.75, 3.05) is 5.32 Å². The number of phenolic OH excluding ortho intramolecular Hbond substituents is 1. The molecule has 2 nitrogen and oxygen atoms in total. The number of rotatable bonds is 3. The molecule has 106 valence electrons. The van der Waals surface area contributed by atoms with Crippen molar-refractivity contribution in [1.82, 2.24) is 0 Å². The van der Waals surface area contributed by atoms with Crippen LogP contribution in [0.3, 0.4) is 0 Å². The van der Waals surface area contributed by atoms with Crippen molar-refractivity contribution in [1.29, 1.82) is 0 Å². The number of benzene rings is 3. The lowest BCUT2D eigenvalue weighted by Gasteiger charge is -2.12. The number of halogens is 2. The van der Waals surface area contributed by atoms with E-state index in [1.807, 2.05) is 30.3 Å². The van der Waals surface area contributed by atoms with Gasteiger partial charge < -0.3 is 10.4 Å². The van der Waals surface area contributed by atoms with Crippen LogP contribution in [0.5, 0.6) is 5.75 Å². The van der Waals surface area contributed by atoms with Crippen LogP contribution in [0.25, 0.3) is 10.8 Å². The first-order valence-electron chi connectivity index (χ1n) is 6.53. The largest absolute Gasteiger partial charge is 0.508 e. The Hall–Kier alpha value is -2.07. The van der Waals surface area contributed by atoms with Crippen LogP contribution in [0.4, 0.5) is 10.1 Å². The van der Waals surface area contributed by atoms with E-state index in [1.54, 1.807) is 12.1 Å². The third-order valence-electron chi connectivity index (χ3n) is 3.40. The molecule has 4 heteroatoms. The molecule has 0 saturated heterocycles. The van der Waals surface area contributed by atoms with Crippen LogP contribution in [-0.4, -0.2) is 5.11 Å². The lowest BCUT2D eigenvalue weighted by molar-refractivity contribution is 0.470. The van der Waals surface area contributed by atoms with E-state index < -0.39 is 0 Å². The number of phenols is 1. The van der Waals surface area contributed by atoms with Crippen molar-refractivity contribution < 1.29 is 9.50 Å². The number of hydrogen-bond donors (Lipinski definition) is 2. The summed E-state index contributed by atoms with van der Waals surface area (Å²) in [5.41, 5.74) is 1.60. The Kier molecular flexibility index (Phi) is 3.80. The average molecular weight is 346 g/mol. The van der Waals surface area contributed by atoms with Gasteiger partial charge in [0.05, 0.1) is 0 Å². The molecule has 3 aromatic carbocycles. The van der Waals surface area contributed by atoms with Gasteiger partial charge in [-0.15, -0.1) is 0 Å². The summed E-state index contributed by atoms with van der Waals surface area (Å²) in [4.78, 5) is 0.